The van der Waals surface area contributed by atoms with Gasteiger partial charge in [-0.05, 0) is 18.6 Å². The Bertz CT molecular complexity index is 467. The third-order valence-electron chi connectivity index (χ3n) is 2.77. The number of hydrogen-bond acceptors (Lipinski definition) is 2. The largest absolute Gasteiger partial charge is 0.486 e. The summed E-state index contributed by atoms with van der Waals surface area (Å²) in [5.41, 5.74) is 7.89. The molecule has 0 saturated carbocycles. The van der Waals surface area contributed by atoms with Gasteiger partial charge in [0.25, 0.3) is 0 Å². The fraction of sp³-hybridized carbons (Fsp3) is 0.200. The van der Waals surface area contributed by atoms with Gasteiger partial charge in [0.15, 0.2) is 0 Å². The van der Waals surface area contributed by atoms with E-state index >= 15 is 0 Å². The summed E-state index contributed by atoms with van der Waals surface area (Å²) in [5.74, 6) is 0.867. The van der Waals surface area contributed by atoms with Crippen molar-refractivity contribution in [2.45, 2.75) is 19.6 Å². The molecule has 0 fully saturated rings. The van der Waals surface area contributed by atoms with E-state index in [0.29, 0.717) is 6.54 Å². The number of ether oxygens (including phenoxy) is 1. The molecule has 0 aliphatic heterocycles. The molecule has 2 rings (SSSR count). The second kappa shape index (κ2) is 5.51. The van der Waals surface area contributed by atoms with Crippen LogP contribution in [0.25, 0.3) is 0 Å². The summed E-state index contributed by atoms with van der Waals surface area (Å²) < 4.78 is 5.94. The Kier molecular flexibility index (Phi) is 3.78. The standard InChI is InChI=1S/C15H17NO/c1-12(13-7-3-2-4-8-13)17-15-10-6-5-9-14(15)11-16/h2-10,12H,11,16H2,1H3. The fourth-order valence-corrected chi connectivity index (χ4v) is 1.77. The predicted molar refractivity (Wildman–Crippen MR) is 69.8 cm³/mol. The third kappa shape index (κ3) is 2.86. The fourth-order valence-electron chi connectivity index (χ4n) is 1.77. The molecule has 1 unspecified atom stereocenters. The zero-order valence-electron chi connectivity index (χ0n) is 9.97. The van der Waals surface area contributed by atoms with Gasteiger partial charge in [0.2, 0.25) is 0 Å². The van der Waals surface area contributed by atoms with Gasteiger partial charge in [-0.1, -0.05) is 48.5 Å². The lowest BCUT2D eigenvalue weighted by atomic mass is 10.1. The van der Waals surface area contributed by atoms with E-state index in [1.54, 1.807) is 0 Å². The molecule has 0 amide bonds. The van der Waals surface area contributed by atoms with Crippen LogP contribution in [0.2, 0.25) is 0 Å². The maximum Gasteiger partial charge on any atom is 0.124 e. The molecule has 0 heterocycles. The monoisotopic (exact) mass is 227 g/mol. The average Bonchev–Trinajstić information content (AvgIpc) is 2.40. The molecule has 0 spiro atoms. The highest BCUT2D eigenvalue weighted by Gasteiger charge is 2.08. The maximum atomic E-state index is 5.94. The first kappa shape index (κ1) is 11.7. The minimum atomic E-state index is 0.0314. The van der Waals surface area contributed by atoms with Crippen molar-refractivity contribution in [3.63, 3.8) is 0 Å². The summed E-state index contributed by atoms with van der Waals surface area (Å²) in [6.07, 6.45) is 0.0314. The molecule has 88 valence electrons. The Labute approximate surface area is 102 Å². The Balaban J connectivity index is 2.16. The zero-order chi connectivity index (χ0) is 12.1. The van der Waals surface area contributed by atoms with Crippen LogP contribution in [0, 0.1) is 0 Å². The molecule has 0 aliphatic carbocycles. The normalized spacial score (nSPS) is 12.1. The van der Waals surface area contributed by atoms with Crippen molar-refractivity contribution in [1.29, 1.82) is 0 Å². The molecule has 2 N–H and O–H groups in total. The van der Waals surface area contributed by atoms with Crippen molar-refractivity contribution in [3.05, 3.63) is 65.7 Å². The number of benzene rings is 2. The second-order valence-electron chi connectivity index (χ2n) is 3.98. The van der Waals surface area contributed by atoms with E-state index < -0.39 is 0 Å². The molecular formula is C15H17NO. The SMILES string of the molecule is CC(Oc1ccccc1CN)c1ccccc1. The topological polar surface area (TPSA) is 35.2 Å². The first-order chi connectivity index (χ1) is 8.31. The van der Waals surface area contributed by atoms with Crippen LogP contribution in [0.15, 0.2) is 54.6 Å². The molecule has 2 nitrogen and oxygen atoms in total. The van der Waals surface area contributed by atoms with Gasteiger partial charge < -0.3 is 10.5 Å². The quantitative estimate of drug-likeness (QED) is 0.870. The van der Waals surface area contributed by atoms with Gasteiger partial charge >= 0.3 is 0 Å². The molecule has 0 aromatic heterocycles. The van der Waals surface area contributed by atoms with Crippen molar-refractivity contribution in [3.8, 4) is 5.75 Å². The van der Waals surface area contributed by atoms with Gasteiger partial charge in [-0.15, -0.1) is 0 Å². The number of hydrogen-bond donors (Lipinski definition) is 1. The molecule has 1 atom stereocenters. The average molecular weight is 227 g/mol. The zero-order valence-corrected chi connectivity index (χ0v) is 9.97. The Morgan fingerprint density at radius 1 is 1.00 bits per heavy atom. The molecule has 17 heavy (non-hydrogen) atoms. The van der Waals surface area contributed by atoms with Gasteiger partial charge in [-0.2, -0.15) is 0 Å². The first-order valence-corrected chi connectivity index (χ1v) is 5.81. The van der Waals surface area contributed by atoms with Crippen molar-refractivity contribution in [1.82, 2.24) is 0 Å². The summed E-state index contributed by atoms with van der Waals surface area (Å²) >= 11 is 0. The van der Waals surface area contributed by atoms with Gasteiger partial charge in [-0.25, -0.2) is 0 Å². The molecule has 0 bridgehead atoms. The van der Waals surface area contributed by atoms with E-state index in [9.17, 15) is 0 Å². The van der Waals surface area contributed by atoms with E-state index in [4.69, 9.17) is 10.5 Å². The van der Waals surface area contributed by atoms with Crippen LogP contribution in [0.4, 0.5) is 0 Å². The van der Waals surface area contributed by atoms with Gasteiger partial charge in [0.1, 0.15) is 11.9 Å². The Morgan fingerprint density at radius 3 is 2.35 bits per heavy atom. The number of para-hydroxylation sites is 1. The lowest BCUT2D eigenvalue weighted by Crippen LogP contribution is -2.06. The van der Waals surface area contributed by atoms with Crippen LogP contribution < -0.4 is 10.5 Å². The van der Waals surface area contributed by atoms with Crippen LogP contribution in [0.1, 0.15) is 24.2 Å². The van der Waals surface area contributed by atoms with Crippen LogP contribution in [0.3, 0.4) is 0 Å². The number of rotatable bonds is 4. The molecule has 2 aromatic rings. The molecule has 0 saturated heterocycles. The van der Waals surface area contributed by atoms with E-state index in [0.717, 1.165) is 11.3 Å². The summed E-state index contributed by atoms with van der Waals surface area (Å²) in [4.78, 5) is 0. The Morgan fingerprint density at radius 2 is 1.65 bits per heavy atom. The van der Waals surface area contributed by atoms with E-state index in [1.807, 2.05) is 49.4 Å². The smallest absolute Gasteiger partial charge is 0.124 e. The van der Waals surface area contributed by atoms with Crippen molar-refractivity contribution in [2.75, 3.05) is 0 Å². The van der Waals surface area contributed by atoms with Crippen LogP contribution in [-0.4, -0.2) is 0 Å². The highest BCUT2D eigenvalue weighted by molar-refractivity contribution is 5.34. The highest BCUT2D eigenvalue weighted by Crippen LogP contribution is 2.24. The van der Waals surface area contributed by atoms with E-state index in [-0.39, 0.29) is 6.10 Å². The molecular weight excluding hydrogens is 210 g/mol. The summed E-state index contributed by atoms with van der Waals surface area (Å²) in [7, 11) is 0. The van der Waals surface area contributed by atoms with Crippen LogP contribution in [0.5, 0.6) is 5.75 Å². The molecule has 2 heteroatoms. The van der Waals surface area contributed by atoms with Gasteiger partial charge in [0, 0.05) is 12.1 Å². The second-order valence-corrected chi connectivity index (χ2v) is 3.98. The van der Waals surface area contributed by atoms with Crippen molar-refractivity contribution >= 4 is 0 Å². The van der Waals surface area contributed by atoms with Crippen LogP contribution in [-0.2, 0) is 6.54 Å². The third-order valence-corrected chi connectivity index (χ3v) is 2.77. The van der Waals surface area contributed by atoms with Crippen LogP contribution >= 0.6 is 0 Å². The highest BCUT2D eigenvalue weighted by atomic mass is 16.5. The van der Waals surface area contributed by atoms with E-state index in [2.05, 4.69) is 12.1 Å². The maximum absolute atomic E-state index is 5.94. The lowest BCUT2D eigenvalue weighted by molar-refractivity contribution is 0.224. The number of nitrogens with two attached hydrogens (primary N) is 1. The molecule has 2 aromatic carbocycles. The Hall–Kier alpha value is -1.80. The van der Waals surface area contributed by atoms with Gasteiger partial charge in [0.05, 0.1) is 0 Å². The summed E-state index contributed by atoms with van der Waals surface area (Å²) in [6, 6.07) is 18.1. The molecule has 0 aliphatic rings. The predicted octanol–water partition coefficient (Wildman–Crippen LogP) is 3.29. The van der Waals surface area contributed by atoms with E-state index in [1.165, 1.54) is 5.56 Å². The minimum absolute atomic E-state index is 0.0314. The van der Waals surface area contributed by atoms with Crippen molar-refractivity contribution < 1.29 is 4.74 Å². The molecule has 0 radical (unpaired) electrons. The lowest BCUT2D eigenvalue weighted by Gasteiger charge is -2.17. The van der Waals surface area contributed by atoms with Crippen molar-refractivity contribution in [2.24, 2.45) is 5.73 Å². The summed E-state index contributed by atoms with van der Waals surface area (Å²) in [5, 5.41) is 0. The first-order valence-electron chi connectivity index (χ1n) is 5.81. The summed E-state index contributed by atoms with van der Waals surface area (Å²) in [6.45, 7) is 2.54. The van der Waals surface area contributed by atoms with Gasteiger partial charge in [-0.3, -0.25) is 0 Å². The minimum Gasteiger partial charge on any atom is -0.486 e.